The highest BCUT2D eigenvalue weighted by Gasteiger charge is 2.35. The first kappa shape index (κ1) is 29.8. The highest BCUT2D eigenvalue weighted by molar-refractivity contribution is 7.85. The van der Waals surface area contributed by atoms with Crippen molar-refractivity contribution in [1.29, 1.82) is 0 Å². The quantitative estimate of drug-likeness (QED) is 0.280. The molecule has 0 spiro atoms. The number of nitrogens with zero attached hydrogens (tertiary/aromatic N) is 3. The molecule has 1 aliphatic carbocycles. The van der Waals surface area contributed by atoms with Crippen molar-refractivity contribution in [3.8, 4) is 5.75 Å². The highest BCUT2D eigenvalue weighted by atomic mass is 35.5. The second-order valence-corrected chi connectivity index (χ2v) is 12.3. The fourth-order valence-corrected chi connectivity index (χ4v) is 6.21. The lowest BCUT2D eigenvalue weighted by Crippen LogP contribution is -2.41. The maximum absolute atomic E-state index is 10.3. The van der Waals surface area contributed by atoms with Crippen LogP contribution < -0.4 is 10.1 Å². The number of aryl methyl sites for hydroxylation is 2. The van der Waals surface area contributed by atoms with Gasteiger partial charge in [0.05, 0.1) is 16.2 Å². The van der Waals surface area contributed by atoms with Crippen LogP contribution in [-0.4, -0.2) is 67.0 Å². The van der Waals surface area contributed by atoms with Gasteiger partial charge in [0, 0.05) is 31.7 Å². The largest absolute Gasteiger partial charge is 0.492 e. The molecule has 5 rings (SSSR count). The van der Waals surface area contributed by atoms with Crippen LogP contribution in [0.4, 0.5) is 0 Å². The minimum Gasteiger partial charge on any atom is -0.492 e. The van der Waals surface area contributed by atoms with E-state index in [0.717, 1.165) is 31.3 Å². The molecule has 11 heteroatoms. The summed E-state index contributed by atoms with van der Waals surface area (Å²) in [7, 11) is -0.553. The third-order valence-electron chi connectivity index (χ3n) is 7.34. The van der Waals surface area contributed by atoms with Crippen molar-refractivity contribution in [2.24, 2.45) is 7.05 Å². The predicted molar refractivity (Wildman–Crippen MR) is 155 cm³/mol. The van der Waals surface area contributed by atoms with Crippen LogP contribution >= 0.6 is 23.2 Å². The number of hydrogen-bond donors (Lipinski definition) is 2. The number of rotatable bonds is 8. The Morgan fingerprint density at radius 1 is 1.13 bits per heavy atom. The molecule has 1 saturated heterocycles. The number of benzene rings is 2. The van der Waals surface area contributed by atoms with Gasteiger partial charge in [-0.2, -0.15) is 13.5 Å². The summed E-state index contributed by atoms with van der Waals surface area (Å²) in [5, 5.41) is 7.96. The molecule has 0 amide bonds. The zero-order chi connectivity index (χ0) is 28.0. The van der Waals surface area contributed by atoms with Crippen LogP contribution in [0.25, 0.3) is 0 Å². The first-order valence-electron chi connectivity index (χ1n) is 13.2. The summed E-state index contributed by atoms with van der Waals surface area (Å²) in [6, 6.07) is 13.3. The zero-order valence-corrected chi connectivity index (χ0v) is 24.6. The lowest BCUT2D eigenvalue weighted by atomic mass is 9.75. The monoisotopic (exact) mass is 594 g/mol. The molecule has 1 aromatic heterocycles. The van der Waals surface area contributed by atoms with Gasteiger partial charge >= 0.3 is 0 Å². The van der Waals surface area contributed by atoms with Gasteiger partial charge in [0.15, 0.2) is 0 Å². The average molecular weight is 596 g/mol. The lowest BCUT2D eigenvalue weighted by molar-refractivity contribution is 0.188. The molecule has 3 aromatic rings. The van der Waals surface area contributed by atoms with Gasteiger partial charge in [-0.15, -0.1) is 0 Å². The summed E-state index contributed by atoms with van der Waals surface area (Å²) in [6.45, 7) is 3.97. The summed E-state index contributed by atoms with van der Waals surface area (Å²) in [5.41, 5.74) is 4.16. The molecule has 1 aliphatic heterocycles. The van der Waals surface area contributed by atoms with Gasteiger partial charge < -0.3 is 10.1 Å². The molecule has 8 nitrogen and oxygen atoms in total. The van der Waals surface area contributed by atoms with E-state index < -0.39 is 10.1 Å². The van der Waals surface area contributed by atoms with E-state index in [0.29, 0.717) is 28.6 Å². The molecule has 0 radical (unpaired) electrons. The van der Waals surface area contributed by atoms with Gasteiger partial charge in [0.2, 0.25) is 0 Å². The van der Waals surface area contributed by atoms with Gasteiger partial charge in [-0.25, -0.2) is 0 Å². The molecule has 0 bridgehead atoms. The van der Waals surface area contributed by atoms with E-state index >= 15 is 0 Å². The van der Waals surface area contributed by atoms with E-state index in [9.17, 15) is 8.42 Å². The molecule has 2 aliphatic rings. The first-order chi connectivity index (χ1) is 18.7. The number of ether oxygens (including phenoxy) is 1. The molecular formula is C28H36Cl2N4O4S. The predicted octanol–water partition coefficient (Wildman–Crippen LogP) is 5.00. The summed E-state index contributed by atoms with van der Waals surface area (Å²) >= 11 is 12.5. The summed E-state index contributed by atoms with van der Waals surface area (Å²) in [5.74, 6) is 1.42. The fourth-order valence-electron chi connectivity index (χ4n) is 5.43. The molecule has 2 N–H and O–H groups in total. The van der Waals surface area contributed by atoms with Crippen LogP contribution in [0.1, 0.15) is 41.9 Å². The van der Waals surface area contributed by atoms with Crippen molar-refractivity contribution in [2.75, 3.05) is 33.3 Å². The van der Waals surface area contributed by atoms with Gasteiger partial charge in [-0.05, 0) is 93.2 Å². The minimum atomic E-state index is -4.07. The molecule has 212 valence electrons. The molecule has 39 heavy (non-hydrogen) atoms. The number of likely N-dealkylation sites (tertiary alicyclic amines) is 1. The van der Waals surface area contributed by atoms with E-state index in [2.05, 4.69) is 39.6 Å². The smallest absolute Gasteiger partial charge is 0.297 e. The van der Waals surface area contributed by atoms with Crippen molar-refractivity contribution < 1.29 is 17.7 Å². The minimum absolute atomic E-state index is 0.185. The van der Waals surface area contributed by atoms with Crippen molar-refractivity contribution in [3.63, 3.8) is 0 Å². The molecule has 2 atom stereocenters. The fraction of sp³-hybridized carbons (Fsp3) is 0.464. The van der Waals surface area contributed by atoms with Gasteiger partial charge in [-0.3, -0.25) is 14.1 Å². The summed E-state index contributed by atoms with van der Waals surface area (Å²) in [4.78, 5) is 2.52. The highest BCUT2D eigenvalue weighted by Crippen LogP contribution is 2.40. The van der Waals surface area contributed by atoms with Crippen molar-refractivity contribution in [1.82, 2.24) is 20.0 Å². The number of aromatic nitrogens is 2. The summed E-state index contributed by atoms with van der Waals surface area (Å²) in [6.07, 6.45) is 8.27. The van der Waals surface area contributed by atoms with Crippen molar-refractivity contribution in [2.45, 2.75) is 49.0 Å². The number of likely N-dealkylation sites (N-methyl/N-ethyl adjacent to an activating group) is 1. The molecule has 2 aromatic carbocycles. The number of fused-ring (bicyclic) bond motifs is 1. The van der Waals surface area contributed by atoms with E-state index in [1.54, 1.807) is 7.05 Å². The molecule has 0 saturated carbocycles. The zero-order valence-electron chi connectivity index (χ0n) is 22.3. The van der Waals surface area contributed by atoms with Crippen LogP contribution in [0.2, 0.25) is 10.0 Å². The Morgan fingerprint density at radius 3 is 2.51 bits per heavy atom. The third-order valence-corrected chi connectivity index (χ3v) is 8.89. The van der Waals surface area contributed by atoms with E-state index in [1.807, 2.05) is 19.2 Å². The third kappa shape index (κ3) is 7.96. The van der Waals surface area contributed by atoms with Crippen LogP contribution in [-0.2, 0) is 30.0 Å². The number of halogens is 2. The van der Waals surface area contributed by atoms with Crippen LogP contribution in [0.5, 0.6) is 5.75 Å². The topological polar surface area (TPSA) is 96.7 Å². The van der Waals surface area contributed by atoms with E-state index in [4.69, 9.17) is 32.5 Å². The van der Waals surface area contributed by atoms with Crippen LogP contribution in [0.15, 0.2) is 53.7 Å². The van der Waals surface area contributed by atoms with Gasteiger partial charge in [0.1, 0.15) is 17.3 Å². The molecule has 1 fully saturated rings. The van der Waals surface area contributed by atoms with E-state index in [-0.39, 0.29) is 4.90 Å². The maximum Gasteiger partial charge on any atom is 0.297 e. The SMILES string of the molecule is CNCCOc1ccc2c(c1)C(Cc1ccc(Cl)c(Cl)c1)C(N1CCCC1)CC2.Cn1cc(S(=O)(=O)O)cn1. The lowest BCUT2D eigenvalue weighted by Gasteiger charge is -2.39. The average Bonchev–Trinajstić information content (AvgIpc) is 3.59. The molecule has 2 unspecified atom stereocenters. The summed E-state index contributed by atoms with van der Waals surface area (Å²) < 4.78 is 36.4. The van der Waals surface area contributed by atoms with Crippen LogP contribution in [0, 0.1) is 0 Å². The number of nitrogens with one attached hydrogen (secondary N) is 1. The molecule has 2 heterocycles. The Hall–Kier alpha value is -2.14. The Bertz CT molecular complexity index is 1360. The Balaban J connectivity index is 0.000000298. The van der Waals surface area contributed by atoms with Crippen LogP contribution in [0.3, 0.4) is 0 Å². The second kappa shape index (κ2) is 13.5. The van der Waals surface area contributed by atoms with Gasteiger partial charge in [-0.1, -0.05) is 35.3 Å². The molecular weight excluding hydrogens is 559 g/mol. The first-order valence-corrected chi connectivity index (χ1v) is 15.4. The van der Waals surface area contributed by atoms with Crippen molar-refractivity contribution in [3.05, 3.63) is 75.5 Å². The standard InChI is InChI=1S/C24H30Cl2N2O.C4H6N2O3S/c1-27-10-13-29-19-7-5-18-6-9-24(28-11-2-3-12-28)21(20(18)16-19)14-17-4-8-22(25)23(26)15-17;1-6-3-4(2-5-6)10(7,8)9/h4-5,7-8,15-16,21,24,27H,2-3,6,9-14H2,1H3;2-3H,1H3,(H,7,8,9). The maximum atomic E-state index is 10.3. The van der Waals surface area contributed by atoms with E-state index in [1.165, 1.54) is 59.9 Å². The number of hydrogen-bond acceptors (Lipinski definition) is 6. The van der Waals surface area contributed by atoms with Crippen molar-refractivity contribution >= 4 is 33.3 Å². The Morgan fingerprint density at radius 2 is 1.90 bits per heavy atom. The van der Waals surface area contributed by atoms with Gasteiger partial charge in [0.25, 0.3) is 10.1 Å². The second-order valence-electron chi connectivity index (χ2n) is 10.0. The Kier molecular flexibility index (Phi) is 10.3. The Labute approximate surface area is 241 Å². The normalized spacial score (nSPS) is 19.3.